The van der Waals surface area contributed by atoms with Crippen molar-refractivity contribution in [2.45, 2.75) is 11.3 Å². The van der Waals surface area contributed by atoms with E-state index in [4.69, 9.17) is 11.6 Å². The summed E-state index contributed by atoms with van der Waals surface area (Å²) in [5.74, 6) is -0.218. The number of halogens is 1. The second-order valence-corrected chi connectivity index (χ2v) is 6.16. The highest BCUT2D eigenvalue weighted by Gasteiger charge is 2.25. The molecular weight excluding hydrogens is 306 g/mol. The van der Waals surface area contributed by atoms with Crippen molar-refractivity contribution >= 4 is 39.2 Å². The number of anilines is 2. The van der Waals surface area contributed by atoms with Gasteiger partial charge in [0.2, 0.25) is 11.9 Å². The van der Waals surface area contributed by atoms with E-state index in [1.165, 1.54) is 18.5 Å². The Bertz CT molecular complexity index is 787. The smallest absolute Gasteiger partial charge is 0.265 e. The highest BCUT2D eigenvalue weighted by molar-refractivity contribution is 7.92. The summed E-state index contributed by atoms with van der Waals surface area (Å²) in [6.07, 6.45) is 1.29. The number of hydrogen-bond donors (Lipinski definition) is 3. The van der Waals surface area contributed by atoms with Gasteiger partial charge < -0.3 is 5.32 Å². The van der Waals surface area contributed by atoms with Crippen LogP contribution in [-0.4, -0.2) is 29.5 Å². The van der Waals surface area contributed by atoms with Crippen LogP contribution in [0.25, 0.3) is 0 Å². The summed E-state index contributed by atoms with van der Waals surface area (Å²) in [5, 5.41) is 8.53. The van der Waals surface area contributed by atoms with E-state index in [0.717, 1.165) is 0 Å². The summed E-state index contributed by atoms with van der Waals surface area (Å²) in [7, 11) is -3.91. The van der Waals surface area contributed by atoms with Crippen LogP contribution in [0.1, 0.15) is 5.56 Å². The fourth-order valence-electron chi connectivity index (χ4n) is 1.87. The molecule has 0 atom stereocenters. The van der Waals surface area contributed by atoms with Gasteiger partial charge in [-0.25, -0.2) is 18.2 Å². The molecule has 1 aliphatic rings. The van der Waals surface area contributed by atoms with E-state index in [9.17, 15) is 13.2 Å². The third kappa shape index (κ3) is 2.21. The van der Waals surface area contributed by atoms with E-state index in [1.807, 2.05) is 0 Å². The van der Waals surface area contributed by atoms with E-state index in [1.54, 1.807) is 0 Å². The lowest BCUT2D eigenvalue weighted by atomic mass is 10.2. The maximum absolute atomic E-state index is 12.2. The first-order valence-corrected chi connectivity index (χ1v) is 7.32. The predicted octanol–water partition coefficient (Wildman–Crippen LogP) is 0.754. The maximum Gasteiger partial charge on any atom is 0.265 e. The first kappa shape index (κ1) is 12.9. The Hall–Kier alpha value is -2.13. The summed E-state index contributed by atoms with van der Waals surface area (Å²) in [5.41, 5.74) is 1.11. The number of nitrogens with zero attached hydrogens (tertiary/aromatic N) is 2. The average Bonchev–Trinajstić information content (AvgIpc) is 2.95. The SMILES string of the molecule is O=C1Cc2cc(S(=O)(=O)Nc3ncn[nH]3)c(Cl)cc2N1. The predicted molar refractivity (Wildman–Crippen MR) is 71.0 cm³/mol. The third-order valence-corrected chi connectivity index (χ3v) is 4.52. The van der Waals surface area contributed by atoms with Gasteiger partial charge in [0.25, 0.3) is 10.0 Å². The highest BCUT2D eigenvalue weighted by Crippen LogP contribution is 2.32. The number of nitrogens with one attached hydrogen (secondary N) is 3. The molecule has 8 nitrogen and oxygen atoms in total. The molecule has 3 N–H and O–H groups in total. The number of aromatic nitrogens is 3. The number of rotatable bonds is 3. The van der Waals surface area contributed by atoms with Gasteiger partial charge >= 0.3 is 0 Å². The van der Waals surface area contributed by atoms with E-state index in [-0.39, 0.29) is 28.2 Å². The molecule has 1 aromatic carbocycles. The molecule has 104 valence electrons. The zero-order valence-electron chi connectivity index (χ0n) is 9.84. The number of aromatic amines is 1. The molecule has 1 aromatic heterocycles. The Morgan fingerprint density at radius 1 is 1.35 bits per heavy atom. The van der Waals surface area contributed by atoms with Crippen molar-refractivity contribution in [1.82, 2.24) is 15.2 Å². The van der Waals surface area contributed by atoms with Crippen molar-refractivity contribution in [2.75, 3.05) is 10.0 Å². The molecule has 0 unspecified atom stereocenters. The molecule has 10 heteroatoms. The molecule has 3 rings (SSSR count). The number of sulfonamides is 1. The van der Waals surface area contributed by atoms with Gasteiger partial charge in [0, 0.05) is 5.69 Å². The lowest BCUT2D eigenvalue weighted by molar-refractivity contribution is -0.115. The van der Waals surface area contributed by atoms with Gasteiger partial charge in [-0.05, 0) is 17.7 Å². The van der Waals surface area contributed by atoms with Crippen LogP contribution in [0.15, 0.2) is 23.4 Å². The van der Waals surface area contributed by atoms with Crippen molar-refractivity contribution in [1.29, 1.82) is 0 Å². The number of H-pyrrole nitrogens is 1. The van der Waals surface area contributed by atoms with E-state index in [0.29, 0.717) is 11.3 Å². The monoisotopic (exact) mass is 313 g/mol. The highest BCUT2D eigenvalue weighted by atomic mass is 35.5. The van der Waals surface area contributed by atoms with Gasteiger partial charge in [-0.1, -0.05) is 11.6 Å². The maximum atomic E-state index is 12.2. The van der Waals surface area contributed by atoms with Crippen LogP contribution >= 0.6 is 11.6 Å². The minimum absolute atomic E-state index is 0.0120. The van der Waals surface area contributed by atoms with Crippen LogP contribution in [0.2, 0.25) is 5.02 Å². The molecule has 0 saturated heterocycles. The van der Waals surface area contributed by atoms with Gasteiger partial charge in [-0.2, -0.15) is 10.1 Å². The first-order chi connectivity index (χ1) is 9.45. The number of fused-ring (bicyclic) bond motifs is 1. The second kappa shape index (κ2) is 4.46. The topological polar surface area (TPSA) is 117 Å². The summed E-state index contributed by atoms with van der Waals surface area (Å²) in [6, 6.07) is 2.78. The Labute approximate surface area is 118 Å². The molecule has 20 heavy (non-hydrogen) atoms. The number of amides is 1. The molecule has 1 aliphatic heterocycles. The van der Waals surface area contributed by atoms with E-state index >= 15 is 0 Å². The van der Waals surface area contributed by atoms with Crippen LogP contribution in [0.4, 0.5) is 11.6 Å². The van der Waals surface area contributed by atoms with Crippen molar-refractivity contribution in [3.8, 4) is 0 Å². The van der Waals surface area contributed by atoms with Gasteiger partial charge in [-0.15, -0.1) is 0 Å². The fraction of sp³-hybridized carbons (Fsp3) is 0.100. The second-order valence-electron chi connectivity index (χ2n) is 4.10. The minimum Gasteiger partial charge on any atom is -0.325 e. The van der Waals surface area contributed by atoms with Crippen molar-refractivity contribution < 1.29 is 13.2 Å². The van der Waals surface area contributed by atoms with Gasteiger partial charge in [0.05, 0.1) is 11.4 Å². The lowest BCUT2D eigenvalue weighted by Gasteiger charge is -2.09. The van der Waals surface area contributed by atoms with Crippen LogP contribution < -0.4 is 10.0 Å². The molecule has 0 spiro atoms. The summed E-state index contributed by atoms with van der Waals surface area (Å²) in [4.78, 5) is 14.8. The molecular formula is C10H8ClN5O3S. The fourth-order valence-corrected chi connectivity index (χ4v) is 3.41. The molecule has 0 fully saturated rings. The number of carbonyl (C=O) groups excluding carboxylic acids is 1. The normalized spacial score (nSPS) is 13.9. The first-order valence-electron chi connectivity index (χ1n) is 5.46. The zero-order chi connectivity index (χ0) is 14.3. The Morgan fingerprint density at radius 2 is 2.15 bits per heavy atom. The molecule has 0 radical (unpaired) electrons. The third-order valence-electron chi connectivity index (χ3n) is 2.72. The van der Waals surface area contributed by atoms with Gasteiger partial charge in [0.1, 0.15) is 11.2 Å². The summed E-state index contributed by atoms with van der Waals surface area (Å²) >= 11 is 5.96. The number of benzene rings is 1. The molecule has 2 heterocycles. The minimum atomic E-state index is -3.91. The van der Waals surface area contributed by atoms with Crippen molar-refractivity contribution in [2.24, 2.45) is 0 Å². The van der Waals surface area contributed by atoms with E-state index < -0.39 is 10.0 Å². The molecule has 0 saturated carbocycles. The van der Waals surface area contributed by atoms with Crippen molar-refractivity contribution in [3.63, 3.8) is 0 Å². The largest absolute Gasteiger partial charge is 0.325 e. The van der Waals surface area contributed by atoms with Crippen LogP contribution in [-0.2, 0) is 21.2 Å². The van der Waals surface area contributed by atoms with Gasteiger partial charge in [0.15, 0.2) is 0 Å². The number of hydrogen-bond acceptors (Lipinski definition) is 5. The standard InChI is InChI=1S/C10H8ClN5O3S/c11-6-3-7-5(2-9(17)14-7)1-8(6)20(18,19)16-10-12-4-13-15-10/h1,3-4H,2H2,(H,14,17)(H2,12,13,15,16). The summed E-state index contributed by atoms with van der Waals surface area (Å²) < 4.78 is 26.6. The Morgan fingerprint density at radius 3 is 2.85 bits per heavy atom. The van der Waals surface area contributed by atoms with Crippen LogP contribution in [0, 0.1) is 0 Å². The molecule has 1 amide bonds. The molecule has 0 bridgehead atoms. The Kier molecular flexibility index (Phi) is 2.87. The van der Waals surface area contributed by atoms with Crippen molar-refractivity contribution in [3.05, 3.63) is 29.0 Å². The lowest BCUT2D eigenvalue weighted by Crippen LogP contribution is -2.14. The molecule has 2 aromatic rings. The number of carbonyl (C=O) groups is 1. The molecule has 0 aliphatic carbocycles. The van der Waals surface area contributed by atoms with Crippen LogP contribution in [0.5, 0.6) is 0 Å². The Balaban J connectivity index is 2.02. The van der Waals surface area contributed by atoms with Gasteiger partial charge in [-0.3, -0.25) is 4.79 Å². The quantitative estimate of drug-likeness (QED) is 0.773. The zero-order valence-corrected chi connectivity index (χ0v) is 11.4. The van der Waals surface area contributed by atoms with Crippen LogP contribution in [0.3, 0.4) is 0 Å². The van der Waals surface area contributed by atoms with E-state index in [2.05, 4.69) is 25.2 Å². The average molecular weight is 314 g/mol. The summed E-state index contributed by atoms with van der Waals surface area (Å²) in [6.45, 7) is 0.